The molecule has 0 aliphatic carbocycles. The summed E-state index contributed by atoms with van der Waals surface area (Å²) in [6.07, 6.45) is 2.71. The van der Waals surface area contributed by atoms with Crippen molar-refractivity contribution >= 4 is 17.3 Å². The van der Waals surface area contributed by atoms with Crippen molar-refractivity contribution in [3.05, 3.63) is 61.2 Å². The zero-order valence-corrected chi connectivity index (χ0v) is 16.0. The first-order valence-electron chi connectivity index (χ1n) is 9.17. The first kappa shape index (κ1) is 20.4. The first-order chi connectivity index (χ1) is 13.1. The summed E-state index contributed by atoms with van der Waals surface area (Å²) in [7, 11) is 0. The van der Waals surface area contributed by atoms with Crippen LogP contribution in [0.4, 0.5) is 11.4 Å². The van der Waals surface area contributed by atoms with Gasteiger partial charge in [-0.15, -0.1) is 0 Å². The minimum atomic E-state index is -0.124. The van der Waals surface area contributed by atoms with Crippen molar-refractivity contribution in [2.45, 2.75) is 20.3 Å². The molecule has 0 aromatic heterocycles. The standard InChI is InChI=1S/C22H28N2O3/c1-4-13-26-21-7-5-6-19(15-21)23-16-22(25)24-18-8-10-20(11-9-18)27-14-12-17(2)3/h4-11,15,17,23H,1,12-14,16H2,2-3H3,(H,24,25). The maximum atomic E-state index is 12.1. The van der Waals surface area contributed by atoms with Gasteiger partial charge in [-0.1, -0.05) is 32.6 Å². The molecule has 0 atom stereocenters. The lowest BCUT2D eigenvalue weighted by molar-refractivity contribution is -0.114. The third-order valence-corrected chi connectivity index (χ3v) is 3.76. The molecule has 2 aromatic carbocycles. The first-order valence-corrected chi connectivity index (χ1v) is 9.17. The molecule has 144 valence electrons. The van der Waals surface area contributed by atoms with Crippen LogP contribution in [0, 0.1) is 5.92 Å². The second-order valence-corrected chi connectivity index (χ2v) is 6.58. The van der Waals surface area contributed by atoms with Gasteiger partial charge in [-0.05, 0) is 48.7 Å². The van der Waals surface area contributed by atoms with Crippen LogP contribution in [0.15, 0.2) is 61.2 Å². The predicted octanol–water partition coefficient (Wildman–Crippen LogP) is 4.73. The molecular weight excluding hydrogens is 340 g/mol. The lowest BCUT2D eigenvalue weighted by atomic mass is 10.1. The summed E-state index contributed by atoms with van der Waals surface area (Å²) in [5.74, 6) is 2.03. The third-order valence-electron chi connectivity index (χ3n) is 3.76. The summed E-state index contributed by atoms with van der Waals surface area (Å²) in [5.41, 5.74) is 1.56. The molecule has 27 heavy (non-hydrogen) atoms. The molecule has 0 aliphatic heterocycles. The molecule has 1 amide bonds. The Balaban J connectivity index is 1.77. The Morgan fingerprint density at radius 3 is 2.56 bits per heavy atom. The van der Waals surface area contributed by atoms with E-state index in [9.17, 15) is 4.79 Å². The van der Waals surface area contributed by atoms with Crippen LogP contribution in [0.5, 0.6) is 11.5 Å². The van der Waals surface area contributed by atoms with Gasteiger partial charge in [-0.3, -0.25) is 4.79 Å². The Hall–Kier alpha value is -2.95. The lowest BCUT2D eigenvalue weighted by Crippen LogP contribution is -2.21. The highest BCUT2D eigenvalue weighted by molar-refractivity contribution is 5.93. The molecule has 5 heteroatoms. The SMILES string of the molecule is C=CCOc1cccc(NCC(=O)Nc2ccc(OCCC(C)C)cc2)c1. The molecule has 0 aliphatic rings. The van der Waals surface area contributed by atoms with Crippen molar-refractivity contribution in [3.63, 3.8) is 0 Å². The molecule has 0 saturated carbocycles. The van der Waals surface area contributed by atoms with Crippen molar-refractivity contribution in [2.75, 3.05) is 30.4 Å². The Morgan fingerprint density at radius 2 is 1.85 bits per heavy atom. The minimum Gasteiger partial charge on any atom is -0.494 e. The fourth-order valence-electron chi connectivity index (χ4n) is 2.29. The minimum absolute atomic E-state index is 0.124. The van der Waals surface area contributed by atoms with Crippen molar-refractivity contribution in [1.82, 2.24) is 0 Å². The number of rotatable bonds is 11. The van der Waals surface area contributed by atoms with E-state index in [0.29, 0.717) is 19.1 Å². The highest BCUT2D eigenvalue weighted by Gasteiger charge is 2.04. The fraction of sp³-hybridized carbons (Fsp3) is 0.318. The van der Waals surface area contributed by atoms with Gasteiger partial charge in [0.1, 0.15) is 18.1 Å². The van der Waals surface area contributed by atoms with Gasteiger partial charge < -0.3 is 20.1 Å². The van der Waals surface area contributed by atoms with Crippen LogP contribution in [0.3, 0.4) is 0 Å². The summed E-state index contributed by atoms with van der Waals surface area (Å²) in [6, 6.07) is 14.9. The number of hydrogen-bond donors (Lipinski definition) is 2. The predicted molar refractivity (Wildman–Crippen MR) is 111 cm³/mol. The Kier molecular flexibility index (Phi) is 8.23. The van der Waals surface area contributed by atoms with E-state index in [-0.39, 0.29) is 12.5 Å². The van der Waals surface area contributed by atoms with Crippen LogP contribution in [0.2, 0.25) is 0 Å². The van der Waals surface area contributed by atoms with Gasteiger partial charge in [0.15, 0.2) is 0 Å². The van der Waals surface area contributed by atoms with Gasteiger partial charge in [0.2, 0.25) is 5.91 Å². The Morgan fingerprint density at radius 1 is 1.07 bits per heavy atom. The molecule has 5 nitrogen and oxygen atoms in total. The van der Waals surface area contributed by atoms with Crippen molar-refractivity contribution < 1.29 is 14.3 Å². The number of amides is 1. The van der Waals surface area contributed by atoms with E-state index in [1.54, 1.807) is 6.08 Å². The van der Waals surface area contributed by atoms with E-state index < -0.39 is 0 Å². The van der Waals surface area contributed by atoms with Gasteiger partial charge in [0.05, 0.1) is 13.2 Å². The number of carbonyl (C=O) groups excluding carboxylic acids is 1. The van der Waals surface area contributed by atoms with E-state index in [1.165, 1.54) is 0 Å². The molecule has 0 bridgehead atoms. The average molecular weight is 368 g/mol. The second kappa shape index (κ2) is 10.9. The maximum Gasteiger partial charge on any atom is 0.243 e. The monoisotopic (exact) mass is 368 g/mol. The molecule has 2 N–H and O–H groups in total. The number of hydrogen-bond acceptors (Lipinski definition) is 4. The van der Waals surface area contributed by atoms with Crippen molar-refractivity contribution in [3.8, 4) is 11.5 Å². The number of nitrogens with one attached hydrogen (secondary N) is 2. The topological polar surface area (TPSA) is 59.6 Å². The van der Waals surface area contributed by atoms with Crippen LogP contribution in [0.25, 0.3) is 0 Å². The van der Waals surface area contributed by atoms with Gasteiger partial charge in [0.25, 0.3) is 0 Å². The molecule has 0 spiro atoms. The smallest absolute Gasteiger partial charge is 0.243 e. The molecule has 2 rings (SSSR count). The summed E-state index contributed by atoms with van der Waals surface area (Å²) in [5, 5.41) is 5.95. The summed E-state index contributed by atoms with van der Waals surface area (Å²) >= 11 is 0. The average Bonchev–Trinajstić information content (AvgIpc) is 2.66. The van der Waals surface area contributed by atoms with Crippen LogP contribution in [-0.4, -0.2) is 25.7 Å². The molecule has 0 unspecified atom stereocenters. The lowest BCUT2D eigenvalue weighted by Gasteiger charge is -2.11. The van der Waals surface area contributed by atoms with Crippen molar-refractivity contribution in [1.29, 1.82) is 0 Å². The zero-order chi connectivity index (χ0) is 19.5. The normalized spacial score (nSPS) is 10.3. The Labute approximate surface area is 161 Å². The quantitative estimate of drug-likeness (QED) is 0.563. The summed E-state index contributed by atoms with van der Waals surface area (Å²) in [4.78, 5) is 12.1. The van der Waals surface area contributed by atoms with Crippen LogP contribution in [-0.2, 0) is 4.79 Å². The molecular formula is C22H28N2O3. The number of benzene rings is 2. The van der Waals surface area contributed by atoms with Gasteiger partial charge >= 0.3 is 0 Å². The largest absolute Gasteiger partial charge is 0.494 e. The second-order valence-electron chi connectivity index (χ2n) is 6.58. The van der Waals surface area contributed by atoms with E-state index in [4.69, 9.17) is 9.47 Å². The fourth-order valence-corrected chi connectivity index (χ4v) is 2.29. The third kappa shape index (κ3) is 7.86. The number of anilines is 2. The molecule has 0 saturated heterocycles. The molecule has 0 radical (unpaired) electrons. The van der Waals surface area contributed by atoms with Crippen molar-refractivity contribution in [2.24, 2.45) is 5.92 Å². The van der Waals surface area contributed by atoms with Gasteiger partial charge in [-0.25, -0.2) is 0 Å². The van der Waals surface area contributed by atoms with E-state index in [2.05, 4.69) is 31.1 Å². The summed E-state index contributed by atoms with van der Waals surface area (Å²) < 4.78 is 11.2. The molecule has 0 heterocycles. The van der Waals surface area contributed by atoms with Crippen LogP contribution < -0.4 is 20.1 Å². The number of carbonyl (C=O) groups is 1. The van der Waals surface area contributed by atoms with E-state index in [1.807, 2.05) is 48.5 Å². The highest BCUT2D eigenvalue weighted by atomic mass is 16.5. The van der Waals surface area contributed by atoms with E-state index >= 15 is 0 Å². The highest BCUT2D eigenvalue weighted by Crippen LogP contribution is 2.18. The van der Waals surface area contributed by atoms with Crippen LogP contribution >= 0.6 is 0 Å². The number of ether oxygens (including phenoxy) is 2. The van der Waals surface area contributed by atoms with E-state index in [0.717, 1.165) is 29.3 Å². The zero-order valence-electron chi connectivity index (χ0n) is 16.0. The summed E-state index contributed by atoms with van der Waals surface area (Å²) in [6.45, 7) is 9.26. The van der Waals surface area contributed by atoms with Gasteiger partial charge in [0, 0.05) is 17.4 Å². The van der Waals surface area contributed by atoms with Gasteiger partial charge in [-0.2, -0.15) is 0 Å². The van der Waals surface area contributed by atoms with Crippen LogP contribution in [0.1, 0.15) is 20.3 Å². The molecule has 2 aromatic rings. The maximum absolute atomic E-state index is 12.1. The Bertz CT molecular complexity index is 727. The molecule has 0 fully saturated rings.